The van der Waals surface area contributed by atoms with Crippen LogP contribution < -0.4 is 0 Å². The minimum Gasteiger partial charge on any atom is -0.358 e. The maximum absolute atomic E-state index is 2.54. The Morgan fingerprint density at radius 3 is 2.15 bits per heavy atom. The summed E-state index contributed by atoms with van der Waals surface area (Å²) >= 11 is 0. The predicted molar refractivity (Wildman–Crippen MR) is 94.3 cm³/mol. The zero-order chi connectivity index (χ0) is 11.8. The average Bonchev–Trinajstić information content (AvgIpc) is 2.56. The number of fused-ring (bicyclic) bond motifs is 1. The van der Waals surface area contributed by atoms with Crippen molar-refractivity contribution in [3.05, 3.63) is 50.6 Å². The van der Waals surface area contributed by atoms with E-state index in [9.17, 15) is 0 Å². The molecule has 1 aromatic rings. The summed E-state index contributed by atoms with van der Waals surface area (Å²) < 4.78 is 0. The van der Waals surface area contributed by atoms with E-state index in [2.05, 4.69) is 33.0 Å². The Bertz CT molecular complexity index is 377. The zero-order valence-corrected chi connectivity index (χ0v) is 17.4. The molecule has 1 aromatic carbocycles. The van der Waals surface area contributed by atoms with E-state index >= 15 is 0 Å². The summed E-state index contributed by atoms with van der Waals surface area (Å²) in [4.78, 5) is 0. The van der Waals surface area contributed by atoms with Gasteiger partial charge < -0.3 is 22.3 Å². The van der Waals surface area contributed by atoms with E-state index in [-0.39, 0.29) is 44.0 Å². The molecular weight excluding hydrogens is 292 g/mol. The van der Waals surface area contributed by atoms with Crippen LogP contribution in [0.25, 0.3) is 0 Å². The second-order valence-electron chi connectivity index (χ2n) is 6.20. The monoisotopic (exact) mass is 326 g/mol. The Morgan fingerprint density at radius 1 is 1.10 bits per heavy atom. The van der Waals surface area contributed by atoms with Gasteiger partial charge in [0.1, 0.15) is 0 Å². The summed E-state index contributed by atoms with van der Waals surface area (Å²) in [6.07, 6.45) is 5.50. The third kappa shape index (κ3) is 5.58. The van der Waals surface area contributed by atoms with Crippen molar-refractivity contribution in [3.63, 3.8) is 0 Å². The molecule has 2 rings (SSSR count). The molecule has 0 saturated carbocycles. The minimum absolute atomic E-state index is 0. The number of aryl methyl sites for hydroxylation is 1. The predicted octanol–water partition coefficient (Wildman–Crippen LogP) is 5.75. The first-order valence-corrected chi connectivity index (χ1v) is 10.2. The first-order chi connectivity index (χ1) is 7.53. The molecule has 0 radical (unpaired) electrons. The third-order valence-corrected chi connectivity index (χ3v) is 7.67. The molecule has 1 aliphatic carbocycles. The van der Waals surface area contributed by atoms with E-state index in [1.54, 1.807) is 22.3 Å². The second kappa shape index (κ2) is 10.1. The normalized spacial score (nSPS) is 13.0. The molecule has 20 heavy (non-hydrogen) atoms. The molecule has 2 heteroatoms. The van der Waals surface area contributed by atoms with Crippen molar-refractivity contribution in [2.24, 2.45) is 0 Å². The van der Waals surface area contributed by atoms with Crippen LogP contribution in [0.4, 0.5) is 0 Å². The SMILES string of the molecule is CC[Si](C)(C)Cc1cc2c([c-]1C)CCCC2.[CH3-].[CH3-].[CH3-].[Ti+4]. The Hall–Kier alpha value is 0.281. The molecule has 0 heterocycles. The molecule has 0 fully saturated rings. The molecule has 0 bridgehead atoms. The van der Waals surface area contributed by atoms with E-state index in [4.69, 9.17) is 0 Å². The molecule has 0 aromatic heterocycles. The molecule has 0 atom stereocenters. The van der Waals surface area contributed by atoms with Crippen molar-refractivity contribution >= 4 is 8.07 Å². The molecular formula is C18H34SiTi. The summed E-state index contributed by atoms with van der Waals surface area (Å²) in [7, 11) is -0.964. The number of hydrogen-bond donors (Lipinski definition) is 0. The van der Waals surface area contributed by atoms with E-state index in [1.807, 2.05) is 0 Å². The molecule has 1 aliphatic rings. The van der Waals surface area contributed by atoms with Crippen molar-refractivity contribution in [1.82, 2.24) is 0 Å². The Balaban J connectivity index is -0.000000722. The van der Waals surface area contributed by atoms with Crippen LogP contribution in [0.5, 0.6) is 0 Å². The summed E-state index contributed by atoms with van der Waals surface area (Å²) in [6.45, 7) is 9.78. The smallest absolute Gasteiger partial charge is 0.358 e. The zero-order valence-electron chi connectivity index (χ0n) is 14.8. The van der Waals surface area contributed by atoms with Crippen molar-refractivity contribution in [1.29, 1.82) is 0 Å². The van der Waals surface area contributed by atoms with Gasteiger partial charge in [0.25, 0.3) is 0 Å². The van der Waals surface area contributed by atoms with Gasteiger partial charge in [-0.1, -0.05) is 64.7 Å². The van der Waals surface area contributed by atoms with Gasteiger partial charge in [0.2, 0.25) is 0 Å². The molecule has 0 unspecified atom stereocenters. The van der Waals surface area contributed by atoms with Gasteiger partial charge in [-0.05, 0) is 0 Å². The first-order valence-electron chi connectivity index (χ1n) is 6.80. The first kappa shape index (κ1) is 25.2. The van der Waals surface area contributed by atoms with Crippen LogP contribution in [0.2, 0.25) is 19.1 Å². The van der Waals surface area contributed by atoms with Gasteiger partial charge in [-0.25, -0.2) is 6.07 Å². The Labute approximate surface area is 145 Å². The molecule has 0 N–H and O–H groups in total. The van der Waals surface area contributed by atoms with Crippen LogP contribution >= 0.6 is 0 Å². The third-order valence-electron chi connectivity index (χ3n) is 4.42. The van der Waals surface area contributed by atoms with Crippen molar-refractivity contribution < 1.29 is 21.7 Å². The molecule has 0 saturated heterocycles. The fraction of sp³-hybridized carbons (Fsp3) is 0.556. The van der Waals surface area contributed by atoms with Gasteiger partial charge in [0.05, 0.1) is 0 Å². The van der Waals surface area contributed by atoms with Crippen LogP contribution in [0.3, 0.4) is 0 Å². The second-order valence-corrected chi connectivity index (χ2v) is 11.6. The molecule has 0 aliphatic heterocycles. The van der Waals surface area contributed by atoms with E-state index < -0.39 is 8.07 Å². The van der Waals surface area contributed by atoms with Crippen LogP contribution in [-0.2, 0) is 40.6 Å². The molecule has 0 spiro atoms. The molecule has 0 nitrogen and oxygen atoms in total. The standard InChI is InChI=1S/C15H25Si.3CH3.Ti/c1-5-16(3,4)11-14-10-13-8-6-7-9-15(13)12(14)2;;;;/h10H,5-9,11H2,1-4H3;3*1H3;/q4*-1;+4. The van der Waals surface area contributed by atoms with Crippen molar-refractivity contribution in [2.45, 2.75) is 64.7 Å². The fourth-order valence-corrected chi connectivity index (χ4v) is 4.50. The van der Waals surface area contributed by atoms with Gasteiger partial charge in [0.15, 0.2) is 0 Å². The summed E-state index contributed by atoms with van der Waals surface area (Å²) in [6, 6.07) is 5.33. The van der Waals surface area contributed by atoms with Gasteiger partial charge in [-0.15, -0.1) is 0 Å². The topological polar surface area (TPSA) is 0 Å². The van der Waals surface area contributed by atoms with Crippen LogP contribution in [0.1, 0.15) is 42.0 Å². The Kier molecular flexibility index (Phi) is 12.7. The van der Waals surface area contributed by atoms with Gasteiger partial charge in [-0.2, -0.15) is 22.3 Å². The largest absolute Gasteiger partial charge is 4.00 e. The van der Waals surface area contributed by atoms with E-state index in [1.165, 1.54) is 37.8 Å². The molecule has 114 valence electrons. The maximum Gasteiger partial charge on any atom is 4.00 e. The van der Waals surface area contributed by atoms with E-state index in [0.717, 1.165) is 0 Å². The van der Waals surface area contributed by atoms with Crippen LogP contribution in [0.15, 0.2) is 6.07 Å². The van der Waals surface area contributed by atoms with Gasteiger partial charge >= 0.3 is 21.7 Å². The quantitative estimate of drug-likeness (QED) is 0.490. The summed E-state index contributed by atoms with van der Waals surface area (Å²) in [5.74, 6) is 0. The van der Waals surface area contributed by atoms with Crippen molar-refractivity contribution in [2.75, 3.05) is 0 Å². The van der Waals surface area contributed by atoms with Gasteiger partial charge in [-0.3, -0.25) is 0 Å². The fourth-order valence-electron chi connectivity index (χ4n) is 2.85. The van der Waals surface area contributed by atoms with Crippen molar-refractivity contribution in [3.8, 4) is 0 Å². The average molecular weight is 326 g/mol. The maximum atomic E-state index is 2.54. The summed E-state index contributed by atoms with van der Waals surface area (Å²) in [5.41, 5.74) is 6.72. The minimum atomic E-state index is -0.964. The molecule has 0 amide bonds. The van der Waals surface area contributed by atoms with E-state index in [0.29, 0.717) is 0 Å². The summed E-state index contributed by atoms with van der Waals surface area (Å²) in [5, 5.41) is 0. The Morgan fingerprint density at radius 2 is 1.65 bits per heavy atom. The van der Waals surface area contributed by atoms with Gasteiger partial charge in [0, 0.05) is 8.07 Å². The number of rotatable bonds is 3. The van der Waals surface area contributed by atoms with Crippen LogP contribution in [-0.4, -0.2) is 8.07 Å². The number of hydrogen-bond acceptors (Lipinski definition) is 0. The van der Waals surface area contributed by atoms with Crippen LogP contribution in [0, 0.1) is 29.2 Å².